The zero-order valence-corrected chi connectivity index (χ0v) is 9.96. The molecule has 17 heavy (non-hydrogen) atoms. The van der Waals surface area contributed by atoms with Gasteiger partial charge in [0.1, 0.15) is 11.5 Å². The van der Waals surface area contributed by atoms with Gasteiger partial charge in [0.2, 0.25) is 0 Å². The Morgan fingerprint density at radius 2 is 2.29 bits per heavy atom. The number of rotatable bonds is 3. The first-order chi connectivity index (χ1) is 8.11. The van der Waals surface area contributed by atoms with Crippen molar-refractivity contribution in [1.29, 1.82) is 0 Å². The molecule has 0 amide bonds. The fourth-order valence-electron chi connectivity index (χ4n) is 1.27. The topological polar surface area (TPSA) is 73.8 Å². The highest BCUT2D eigenvalue weighted by Crippen LogP contribution is 2.20. The number of aromatic nitrogens is 3. The molecule has 1 heterocycles. The summed E-state index contributed by atoms with van der Waals surface area (Å²) in [5, 5.41) is 18.5. The summed E-state index contributed by atoms with van der Waals surface area (Å²) in [7, 11) is 0. The van der Waals surface area contributed by atoms with E-state index >= 15 is 0 Å². The van der Waals surface area contributed by atoms with Crippen LogP contribution in [0.25, 0.3) is 5.69 Å². The van der Waals surface area contributed by atoms with Crippen LogP contribution in [0.3, 0.4) is 0 Å². The number of non-ortho nitro benzene ring substituents is 1. The average molecular weight is 301 g/mol. The van der Waals surface area contributed by atoms with Crippen molar-refractivity contribution < 1.29 is 9.31 Å². The number of hydrogen-bond donors (Lipinski definition) is 0. The number of nitro groups is 1. The Kier molecular flexibility index (Phi) is 3.14. The highest BCUT2D eigenvalue weighted by Gasteiger charge is 2.13. The zero-order chi connectivity index (χ0) is 12.4. The van der Waals surface area contributed by atoms with Gasteiger partial charge in [-0.05, 0) is 6.07 Å². The first kappa shape index (κ1) is 11.6. The molecule has 0 atom stereocenters. The summed E-state index contributed by atoms with van der Waals surface area (Å²) in [6.07, 6.45) is 1.50. The van der Waals surface area contributed by atoms with Crippen molar-refractivity contribution in [3.05, 3.63) is 46.0 Å². The molecule has 0 unspecified atom stereocenters. The Morgan fingerprint density at radius 1 is 1.53 bits per heavy atom. The van der Waals surface area contributed by atoms with Crippen molar-refractivity contribution in [2.75, 3.05) is 0 Å². The van der Waals surface area contributed by atoms with Crippen molar-refractivity contribution in [2.24, 2.45) is 0 Å². The van der Waals surface area contributed by atoms with E-state index in [0.717, 1.165) is 18.2 Å². The van der Waals surface area contributed by atoms with Gasteiger partial charge in [0.05, 0.1) is 16.8 Å². The third kappa shape index (κ3) is 2.31. The maximum atomic E-state index is 13.5. The quantitative estimate of drug-likeness (QED) is 0.495. The van der Waals surface area contributed by atoms with Gasteiger partial charge in [-0.2, -0.15) is 0 Å². The SMILES string of the molecule is O=[N+]([O-])c1ccc(F)c(-n2cc(CBr)nn2)c1. The number of halogens is 2. The average Bonchev–Trinajstić information content (AvgIpc) is 2.77. The largest absolute Gasteiger partial charge is 0.271 e. The molecule has 6 nitrogen and oxygen atoms in total. The maximum absolute atomic E-state index is 13.5. The Morgan fingerprint density at radius 3 is 2.88 bits per heavy atom. The van der Waals surface area contributed by atoms with Crippen LogP contribution in [0.4, 0.5) is 10.1 Å². The molecule has 1 aromatic heterocycles. The third-order valence-electron chi connectivity index (χ3n) is 2.07. The van der Waals surface area contributed by atoms with E-state index in [1.165, 1.54) is 10.9 Å². The van der Waals surface area contributed by atoms with Crippen LogP contribution in [0.1, 0.15) is 5.69 Å². The molecule has 8 heteroatoms. The molecule has 0 fully saturated rings. The van der Waals surface area contributed by atoms with E-state index < -0.39 is 10.7 Å². The van der Waals surface area contributed by atoms with E-state index in [1.54, 1.807) is 0 Å². The number of nitrogens with zero attached hydrogens (tertiary/aromatic N) is 4. The van der Waals surface area contributed by atoms with Gasteiger partial charge < -0.3 is 0 Å². The Labute approximate surface area is 103 Å². The maximum Gasteiger partial charge on any atom is 0.271 e. The van der Waals surface area contributed by atoms with E-state index in [9.17, 15) is 14.5 Å². The molecule has 0 aliphatic heterocycles. The van der Waals surface area contributed by atoms with Crippen molar-refractivity contribution in [3.63, 3.8) is 0 Å². The zero-order valence-electron chi connectivity index (χ0n) is 8.38. The molecule has 0 radical (unpaired) electrons. The number of nitro benzene ring substituents is 1. The van der Waals surface area contributed by atoms with Crippen LogP contribution in [-0.4, -0.2) is 19.9 Å². The molecule has 0 saturated heterocycles. The van der Waals surface area contributed by atoms with E-state index in [-0.39, 0.29) is 11.4 Å². The Balaban J connectivity index is 2.49. The summed E-state index contributed by atoms with van der Waals surface area (Å²) in [6.45, 7) is 0. The van der Waals surface area contributed by atoms with Crippen molar-refractivity contribution in [3.8, 4) is 5.69 Å². The molecular formula is C9H6BrFN4O2. The second kappa shape index (κ2) is 4.58. The molecule has 0 bridgehead atoms. The smallest absolute Gasteiger partial charge is 0.258 e. The standard InChI is InChI=1S/C9H6BrFN4O2/c10-4-6-5-14(13-12-6)9-3-7(15(16)17)1-2-8(9)11/h1-3,5H,4H2. The summed E-state index contributed by atoms with van der Waals surface area (Å²) in [5.41, 5.74) is 0.409. The monoisotopic (exact) mass is 300 g/mol. The van der Waals surface area contributed by atoms with Gasteiger partial charge in [-0.15, -0.1) is 5.10 Å². The van der Waals surface area contributed by atoms with Crippen LogP contribution in [0.2, 0.25) is 0 Å². The van der Waals surface area contributed by atoms with E-state index in [0.29, 0.717) is 11.0 Å². The minimum Gasteiger partial charge on any atom is -0.258 e. The molecule has 1 aromatic carbocycles. The van der Waals surface area contributed by atoms with Crippen molar-refractivity contribution in [1.82, 2.24) is 15.0 Å². The molecule has 0 saturated carbocycles. The molecular weight excluding hydrogens is 295 g/mol. The van der Waals surface area contributed by atoms with E-state index in [1.807, 2.05) is 0 Å². The molecule has 0 spiro atoms. The first-order valence-corrected chi connectivity index (χ1v) is 5.65. The van der Waals surface area contributed by atoms with Crippen LogP contribution < -0.4 is 0 Å². The van der Waals surface area contributed by atoms with Gasteiger partial charge in [0.25, 0.3) is 5.69 Å². The first-order valence-electron chi connectivity index (χ1n) is 4.53. The summed E-state index contributed by atoms with van der Waals surface area (Å²) in [6, 6.07) is 3.24. The summed E-state index contributed by atoms with van der Waals surface area (Å²) < 4.78 is 14.7. The predicted molar refractivity (Wildman–Crippen MR) is 60.6 cm³/mol. The van der Waals surface area contributed by atoms with Crippen LogP contribution in [0.5, 0.6) is 0 Å². The van der Waals surface area contributed by atoms with Gasteiger partial charge in [-0.3, -0.25) is 10.1 Å². The minimum atomic E-state index is -0.596. The summed E-state index contributed by atoms with van der Waals surface area (Å²) in [5.74, 6) is -0.596. The van der Waals surface area contributed by atoms with Gasteiger partial charge in [0.15, 0.2) is 0 Å². The Bertz CT molecular complexity index is 572. The van der Waals surface area contributed by atoms with Crippen LogP contribution in [-0.2, 0) is 5.33 Å². The predicted octanol–water partition coefficient (Wildman–Crippen LogP) is 2.21. The van der Waals surface area contributed by atoms with Crippen LogP contribution in [0.15, 0.2) is 24.4 Å². The molecule has 0 aliphatic rings. The Hall–Kier alpha value is -1.83. The van der Waals surface area contributed by atoms with Gasteiger partial charge >= 0.3 is 0 Å². The fraction of sp³-hybridized carbons (Fsp3) is 0.111. The lowest BCUT2D eigenvalue weighted by Gasteiger charge is -2.01. The fourth-order valence-corrected chi connectivity index (χ4v) is 1.52. The van der Waals surface area contributed by atoms with Crippen LogP contribution in [0, 0.1) is 15.9 Å². The number of benzene rings is 1. The van der Waals surface area contributed by atoms with Crippen molar-refractivity contribution in [2.45, 2.75) is 5.33 Å². The summed E-state index contributed by atoms with van der Waals surface area (Å²) >= 11 is 3.18. The van der Waals surface area contributed by atoms with Gasteiger partial charge in [-0.25, -0.2) is 9.07 Å². The van der Waals surface area contributed by atoms with Gasteiger partial charge in [0, 0.05) is 17.5 Å². The lowest BCUT2D eigenvalue weighted by molar-refractivity contribution is -0.384. The highest BCUT2D eigenvalue weighted by atomic mass is 79.9. The van der Waals surface area contributed by atoms with E-state index in [4.69, 9.17) is 0 Å². The third-order valence-corrected chi connectivity index (χ3v) is 2.64. The lowest BCUT2D eigenvalue weighted by Crippen LogP contribution is -2.00. The van der Waals surface area contributed by atoms with Gasteiger partial charge in [-0.1, -0.05) is 21.1 Å². The normalized spacial score (nSPS) is 10.5. The van der Waals surface area contributed by atoms with E-state index in [2.05, 4.69) is 26.2 Å². The number of hydrogen-bond acceptors (Lipinski definition) is 4. The molecule has 0 aliphatic carbocycles. The highest BCUT2D eigenvalue weighted by molar-refractivity contribution is 9.08. The summed E-state index contributed by atoms with van der Waals surface area (Å²) in [4.78, 5) is 10.00. The van der Waals surface area contributed by atoms with Crippen LogP contribution >= 0.6 is 15.9 Å². The number of alkyl halides is 1. The van der Waals surface area contributed by atoms with Crippen molar-refractivity contribution >= 4 is 21.6 Å². The molecule has 2 rings (SSSR count). The second-order valence-corrected chi connectivity index (χ2v) is 3.74. The molecule has 88 valence electrons. The second-order valence-electron chi connectivity index (χ2n) is 3.18. The molecule has 0 N–H and O–H groups in total. The molecule has 2 aromatic rings. The minimum absolute atomic E-state index is 0.00102. The lowest BCUT2D eigenvalue weighted by atomic mass is 10.2.